The Kier molecular flexibility index (Phi) is 7.45. The van der Waals surface area contributed by atoms with Crippen LogP contribution in [0.2, 0.25) is 0 Å². The second kappa shape index (κ2) is 10.9. The maximum absolute atomic E-state index is 12.2. The summed E-state index contributed by atoms with van der Waals surface area (Å²) in [5, 5.41) is 7.00. The molecule has 10 nitrogen and oxygen atoms in total. The van der Waals surface area contributed by atoms with E-state index in [2.05, 4.69) is 20.6 Å². The fourth-order valence-electron chi connectivity index (χ4n) is 3.97. The van der Waals surface area contributed by atoms with Gasteiger partial charge in [-0.2, -0.15) is 4.98 Å². The lowest BCUT2D eigenvalue weighted by Crippen LogP contribution is -2.27. The summed E-state index contributed by atoms with van der Waals surface area (Å²) in [6.07, 6.45) is 2.98. The second-order valence-electron chi connectivity index (χ2n) is 8.58. The molecule has 0 spiro atoms. The van der Waals surface area contributed by atoms with Crippen LogP contribution < -0.4 is 21.1 Å². The molecule has 0 saturated heterocycles. The van der Waals surface area contributed by atoms with Crippen molar-refractivity contribution in [1.82, 2.24) is 19.9 Å². The predicted molar refractivity (Wildman–Crippen MR) is 140 cm³/mol. The molecule has 0 unspecified atom stereocenters. The molecule has 0 aliphatic rings. The molecule has 0 aliphatic heterocycles. The number of aromatic amines is 1. The van der Waals surface area contributed by atoms with Crippen LogP contribution in [0.1, 0.15) is 21.6 Å². The molecule has 4 aromatic rings. The Morgan fingerprint density at radius 1 is 1.08 bits per heavy atom. The van der Waals surface area contributed by atoms with Gasteiger partial charge in [0.25, 0.3) is 0 Å². The van der Waals surface area contributed by atoms with Gasteiger partial charge in [0.15, 0.2) is 0 Å². The first-order valence-corrected chi connectivity index (χ1v) is 11.5. The smallest absolute Gasteiger partial charge is 0.248 e. The van der Waals surface area contributed by atoms with Crippen molar-refractivity contribution in [2.75, 3.05) is 38.4 Å². The summed E-state index contributed by atoms with van der Waals surface area (Å²) in [6, 6.07) is 14.6. The summed E-state index contributed by atoms with van der Waals surface area (Å²) < 4.78 is 5.50. The van der Waals surface area contributed by atoms with Crippen LogP contribution in [0.3, 0.4) is 0 Å². The monoisotopic (exact) mass is 487 g/mol. The number of methoxy groups -OCH3 is 1. The number of aromatic nitrogens is 3. The molecule has 2 aromatic carbocycles. The van der Waals surface area contributed by atoms with Crippen LogP contribution in [-0.4, -0.2) is 59.4 Å². The number of nitrogens with one attached hydrogen (secondary N) is 3. The summed E-state index contributed by atoms with van der Waals surface area (Å²) in [5.41, 5.74) is 9.64. The molecular formula is C26H29N7O3. The summed E-state index contributed by atoms with van der Waals surface area (Å²) in [6.45, 7) is 0.267. The number of hydrogen-bond acceptors (Lipinski definition) is 7. The molecule has 0 fully saturated rings. The largest absolute Gasteiger partial charge is 0.495 e. The molecule has 2 heterocycles. The highest BCUT2D eigenvalue weighted by Gasteiger charge is 2.14. The topological polar surface area (TPSA) is 138 Å². The van der Waals surface area contributed by atoms with E-state index < -0.39 is 5.91 Å². The van der Waals surface area contributed by atoms with Gasteiger partial charge in [-0.3, -0.25) is 9.59 Å². The van der Waals surface area contributed by atoms with Gasteiger partial charge in [0.1, 0.15) is 11.4 Å². The zero-order valence-electron chi connectivity index (χ0n) is 20.5. The number of carbonyl (C=O) groups is 2. The first-order valence-electron chi connectivity index (χ1n) is 11.5. The molecule has 0 atom stereocenters. The average molecular weight is 488 g/mol. The van der Waals surface area contributed by atoms with Crippen molar-refractivity contribution >= 4 is 40.2 Å². The van der Waals surface area contributed by atoms with Gasteiger partial charge in [-0.25, -0.2) is 4.98 Å². The number of rotatable bonds is 10. The second-order valence-corrected chi connectivity index (χ2v) is 8.58. The number of hydrogen-bond donors (Lipinski definition) is 4. The highest BCUT2D eigenvalue weighted by Crippen LogP contribution is 2.30. The molecule has 0 bridgehead atoms. The number of ether oxygens (including phenoxy) is 1. The van der Waals surface area contributed by atoms with Crippen LogP contribution in [0, 0.1) is 0 Å². The number of likely N-dealkylation sites (N-methyl/N-ethyl adjacent to an activating group) is 1. The van der Waals surface area contributed by atoms with Crippen LogP contribution in [0.25, 0.3) is 11.0 Å². The minimum absolute atomic E-state index is 0.126. The standard InChI is InChI=1S/C26H29N7O3/c1-33(2)15-23(34)29-17-9-11-22(36-3)21(14-17)31-26-30-20(19-12-13-28-25(19)32-26)10-8-16-6-4-5-7-18(16)24(27)35/h4-7,9,11-14H,8,10,15H2,1-3H3,(H2,27,35)(H,29,34)(H2,28,30,31,32). The first kappa shape index (κ1) is 24.7. The number of nitrogens with two attached hydrogens (primary N) is 1. The molecule has 2 aromatic heterocycles. The number of primary amides is 1. The molecule has 4 rings (SSSR count). The van der Waals surface area contributed by atoms with Crippen LogP contribution in [0.4, 0.5) is 17.3 Å². The van der Waals surface area contributed by atoms with Crippen molar-refractivity contribution in [3.63, 3.8) is 0 Å². The lowest BCUT2D eigenvalue weighted by Gasteiger charge is -2.15. The third-order valence-electron chi connectivity index (χ3n) is 5.60. The summed E-state index contributed by atoms with van der Waals surface area (Å²) in [7, 11) is 5.24. The Balaban J connectivity index is 1.60. The van der Waals surface area contributed by atoms with Crippen LogP contribution in [0.15, 0.2) is 54.7 Å². The Hall–Kier alpha value is -4.44. The number of H-pyrrole nitrogens is 1. The Morgan fingerprint density at radius 3 is 2.64 bits per heavy atom. The fourth-order valence-corrected chi connectivity index (χ4v) is 3.97. The van der Waals surface area contributed by atoms with Crippen molar-refractivity contribution in [2.24, 2.45) is 5.73 Å². The molecule has 10 heteroatoms. The van der Waals surface area contributed by atoms with E-state index in [1.165, 1.54) is 0 Å². The summed E-state index contributed by atoms with van der Waals surface area (Å²) in [5.74, 6) is 0.372. The molecule has 0 radical (unpaired) electrons. The van der Waals surface area contributed by atoms with Gasteiger partial charge in [-0.15, -0.1) is 0 Å². The van der Waals surface area contributed by atoms with E-state index in [1.807, 2.05) is 38.5 Å². The summed E-state index contributed by atoms with van der Waals surface area (Å²) >= 11 is 0. The van der Waals surface area contributed by atoms with Gasteiger partial charge >= 0.3 is 0 Å². The molecule has 36 heavy (non-hydrogen) atoms. The van der Waals surface area contributed by atoms with Crippen LogP contribution >= 0.6 is 0 Å². The molecule has 0 saturated carbocycles. The predicted octanol–water partition coefficient (Wildman–Crippen LogP) is 3.09. The van der Waals surface area contributed by atoms with E-state index in [1.54, 1.807) is 42.3 Å². The normalized spacial score (nSPS) is 11.0. The zero-order chi connectivity index (χ0) is 25.7. The van der Waals surface area contributed by atoms with Gasteiger partial charge in [0.2, 0.25) is 17.8 Å². The Labute approximate surface area is 208 Å². The third kappa shape index (κ3) is 5.78. The molecule has 5 N–H and O–H groups in total. The van der Waals surface area contributed by atoms with Gasteiger partial charge in [-0.1, -0.05) is 18.2 Å². The van der Waals surface area contributed by atoms with Crippen LogP contribution in [0.5, 0.6) is 5.75 Å². The fraction of sp³-hybridized carbons (Fsp3) is 0.231. The number of benzene rings is 2. The third-order valence-corrected chi connectivity index (χ3v) is 5.60. The zero-order valence-corrected chi connectivity index (χ0v) is 20.5. The lowest BCUT2D eigenvalue weighted by molar-refractivity contribution is -0.116. The lowest BCUT2D eigenvalue weighted by atomic mass is 10.0. The van der Waals surface area contributed by atoms with E-state index in [4.69, 9.17) is 15.5 Å². The number of anilines is 3. The van der Waals surface area contributed by atoms with E-state index in [0.717, 1.165) is 16.6 Å². The highest BCUT2D eigenvalue weighted by atomic mass is 16.5. The van der Waals surface area contributed by atoms with Crippen molar-refractivity contribution in [3.8, 4) is 5.75 Å². The molecule has 2 amide bonds. The van der Waals surface area contributed by atoms with Gasteiger partial charge in [0, 0.05) is 22.8 Å². The maximum Gasteiger partial charge on any atom is 0.248 e. The maximum atomic E-state index is 12.2. The number of amides is 2. The quantitative estimate of drug-likeness (QED) is 0.270. The number of aryl methyl sites for hydroxylation is 2. The Morgan fingerprint density at radius 2 is 1.89 bits per heavy atom. The van der Waals surface area contributed by atoms with E-state index in [-0.39, 0.29) is 12.5 Å². The average Bonchev–Trinajstić information content (AvgIpc) is 3.31. The van der Waals surface area contributed by atoms with Crippen molar-refractivity contribution < 1.29 is 14.3 Å². The van der Waals surface area contributed by atoms with E-state index in [0.29, 0.717) is 47.1 Å². The number of carbonyl (C=O) groups excluding carboxylic acids is 2. The minimum Gasteiger partial charge on any atom is -0.495 e. The van der Waals surface area contributed by atoms with E-state index >= 15 is 0 Å². The van der Waals surface area contributed by atoms with Crippen molar-refractivity contribution in [1.29, 1.82) is 0 Å². The number of fused-ring (bicyclic) bond motifs is 1. The van der Waals surface area contributed by atoms with Gasteiger partial charge < -0.3 is 31.0 Å². The van der Waals surface area contributed by atoms with Crippen LogP contribution in [-0.2, 0) is 17.6 Å². The van der Waals surface area contributed by atoms with Crippen molar-refractivity contribution in [2.45, 2.75) is 12.8 Å². The summed E-state index contributed by atoms with van der Waals surface area (Å²) in [4.78, 5) is 38.3. The minimum atomic E-state index is -0.452. The number of nitrogens with zero attached hydrogens (tertiary/aromatic N) is 3. The highest BCUT2D eigenvalue weighted by molar-refractivity contribution is 5.94. The SMILES string of the molecule is COc1ccc(NC(=O)CN(C)C)cc1Nc1nc(CCc2ccccc2C(N)=O)c2cc[nH]c2n1. The molecule has 186 valence electrons. The Bertz CT molecular complexity index is 1400. The van der Waals surface area contributed by atoms with Gasteiger partial charge in [0.05, 0.1) is 25.0 Å². The molecular weight excluding hydrogens is 458 g/mol. The van der Waals surface area contributed by atoms with Gasteiger partial charge in [-0.05, 0) is 62.8 Å². The molecule has 0 aliphatic carbocycles. The first-order chi connectivity index (χ1) is 17.3. The van der Waals surface area contributed by atoms with E-state index in [9.17, 15) is 9.59 Å². The van der Waals surface area contributed by atoms with Crippen molar-refractivity contribution in [3.05, 3.63) is 71.5 Å².